The summed E-state index contributed by atoms with van der Waals surface area (Å²) in [6, 6.07) is 12.9. The Kier molecular flexibility index (Phi) is 4.69. The summed E-state index contributed by atoms with van der Waals surface area (Å²) < 4.78 is 15.2. The maximum Gasteiger partial charge on any atom is 0.187 e. The van der Waals surface area contributed by atoms with E-state index in [0.717, 1.165) is 4.47 Å². The van der Waals surface area contributed by atoms with Gasteiger partial charge in [0.2, 0.25) is 0 Å². The van der Waals surface area contributed by atoms with Crippen molar-refractivity contribution in [2.75, 3.05) is 0 Å². The summed E-state index contributed by atoms with van der Waals surface area (Å²) >= 11 is 6.42. The number of benzene rings is 2. The third-order valence-electron chi connectivity index (χ3n) is 2.79. The lowest BCUT2D eigenvalue weighted by molar-refractivity contribution is 0.0975. The van der Waals surface area contributed by atoms with E-state index in [2.05, 4.69) is 31.9 Å². The van der Waals surface area contributed by atoms with Crippen LogP contribution in [0.3, 0.4) is 0 Å². The van der Waals surface area contributed by atoms with E-state index in [1.807, 2.05) is 6.07 Å². The van der Waals surface area contributed by atoms with Gasteiger partial charge in [-0.2, -0.15) is 5.26 Å². The van der Waals surface area contributed by atoms with E-state index in [4.69, 9.17) is 0 Å². The second-order valence-corrected chi connectivity index (χ2v) is 5.93. The first-order valence-electron chi connectivity index (χ1n) is 5.67. The van der Waals surface area contributed by atoms with Crippen molar-refractivity contribution in [2.45, 2.75) is 5.92 Å². The largest absolute Gasteiger partial charge is 0.292 e. The fourth-order valence-corrected chi connectivity index (χ4v) is 2.38. The average molecular weight is 397 g/mol. The second-order valence-electron chi connectivity index (χ2n) is 4.10. The number of carbonyl (C=O) groups is 1. The van der Waals surface area contributed by atoms with Gasteiger partial charge in [0.05, 0.1) is 11.6 Å². The highest BCUT2D eigenvalue weighted by Crippen LogP contribution is 2.25. The molecule has 0 radical (unpaired) electrons. The summed E-state index contributed by atoms with van der Waals surface area (Å²) in [5.74, 6) is -2.19. The summed E-state index contributed by atoms with van der Waals surface area (Å²) in [6.07, 6.45) is 0. The smallest absolute Gasteiger partial charge is 0.187 e. The maximum atomic E-state index is 13.8. The van der Waals surface area contributed by atoms with E-state index >= 15 is 0 Å². The highest BCUT2D eigenvalue weighted by molar-refractivity contribution is 9.10. The summed E-state index contributed by atoms with van der Waals surface area (Å²) in [5.41, 5.74) is 0.464. The van der Waals surface area contributed by atoms with E-state index in [1.54, 1.807) is 30.3 Å². The predicted molar refractivity (Wildman–Crippen MR) is 80.9 cm³/mol. The van der Waals surface area contributed by atoms with E-state index < -0.39 is 17.5 Å². The molecule has 0 aliphatic carbocycles. The summed E-state index contributed by atoms with van der Waals surface area (Å²) in [5, 5.41) is 9.21. The lowest BCUT2D eigenvalue weighted by atomic mass is 9.92. The minimum atomic E-state index is -1.02. The first kappa shape index (κ1) is 14.9. The molecule has 0 aliphatic heterocycles. The van der Waals surface area contributed by atoms with Crippen molar-refractivity contribution < 1.29 is 9.18 Å². The summed E-state index contributed by atoms with van der Waals surface area (Å²) in [7, 11) is 0. The number of Topliss-reactive ketones (excluding diaryl/α,β-unsaturated/α-hetero) is 1. The highest BCUT2D eigenvalue weighted by atomic mass is 79.9. The molecule has 0 spiro atoms. The molecule has 5 heteroatoms. The number of nitrogens with zero attached hydrogens (tertiary/aromatic N) is 1. The van der Waals surface area contributed by atoms with E-state index in [9.17, 15) is 14.4 Å². The number of ketones is 1. The van der Waals surface area contributed by atoms with E-state index in [0.29, 0.717) is 10.0 Å². The van der Waals surface area contributed by atoms with Gasteiger partial charge in [0.1, 0.15) is 11.7 Å². The van der Waals surface area contributed by atoms with Crippen molar-refractivity contribution in [3.63, 3.8) is 0 Å². The Hall–Kier alpha value is -1.51. The third-order valence-corrected chi connectivity index (χ3v) is 3.81. The molecule has 0 heterocycles. The number of hydrogen-bond acceptors (Lipinski definition) is 2. The molecule has 100 valence electrons. The normalized spacial score (nSPS) is 11.7. The topological polar surface area (TPSA) is 40.9 Å². The van der Waals surface area contributed by atoms with Crippen LogP contribution >= 0.6 is 31.9 Å². The lowest BCUT2D eigenvalue weighted by Gasteiger charge is -2.09. The van der Waals surface area contributed by atoms with Crippen LogP contribution in [0.25, 0.3) is 0 Å². The molecule has 0 amide bonds. The van der Waals surface area contributed by atoms with Crippen molar-refractivity contribution in [3.8, 4) is 6.07 Å². The molecule has 2 nitrogen and oxygen atoms in total. The maximum absolute atomic E-state index is 13.8. The minimum Gasteiger partial charge on any atom is -0.292 e. The van der Waals surface area contributed by atoms with Crippen LogP contribution in [0.1, 0.15) is 21.8 Å². The molecule has 0 saturated heterocycles. The van der Waals surface area contributed by atoms with Crippen LogP contribution < -0.4 is 0 Å². The molecule has 0 saturated carbocycles. The van der Waals surface area contributed by atoms with E-state index in [1.165, 1.54) is 12.1 Å². The van der Waals surface area contributed by atoms with Crippen molar-refractivity contribution in [3.05, 3.63) is 68.4 Å². The van der Waals surface area contributed by atoms with Crippen molar-refractivity contribution in [2.24, 2.45) is 0 Å². The van der Waals surface area contributed by atoms with Gasteiger partial charge in [0.25, 0.3) is 0 Å². The van der Waals surface area contributed by atoms with Gasteiger partial charge < -0.3 is 0 Å². The molecule has 0 fully saturated rings. The Bertz CT molecular complexity index is 692. The number of hydrogen-bond donors (Lipinski definition) is 0. The molecule has 0 N–H and O–H groups in total. The Morgan fingerprint density at radius 3 is 2.25 bits per heavy atom. The van der Waals surface area contributed by atoms with E-state index in [-0.39, 0.29) is 5.56 Å². The van der Waals surface area contributed by atoms with Crippen LogP contribution in [0.15, 0.2) is 51.4 Å². The number of nitriles is 1. The highest BCUT2D eigenvalue weighted by Gasteiger charge is 2.24. The fraction of sp³-hybridized carbons (Fsp3) is 0.0667. The number of halogens is 3. The predicted octanol–water partition coefficient (Wildman–Crippen LogP) is 4.84. The Morgan fingerprint density at radius 1 is 1.10 bits per heavy atom. The molecule has 0 aromatic heterocycles. The van der Waals surface area contributed by atoms with Crippen molar-refractivity contribution in [1.82, 2.24) is 0 Å². The molecule has 1 atom stereocenters. The minimum absolute atomic E-state index is 0.0809. The Morgan fingerprint density at radius 2 is 1.70 bits per heavy atom. The zero-order chi connectivity index (χ0) is 14.7. The van der Waals surface area contributed by atoms with Crippen molar-refractivity contribution >= 4 is 37.6 Å². The van der Waals surface area contributed by atoms with Crippen molar-refractivity contribution in [1.29, 1.82) is 5.26 Å². The monoisotopic (exact) mass is 395 g/mol. The molecule has 2 aromatic rings. The van der Waals surface area contributed by atoms with Gasteiger partial charge in [-0.3, -0.25) is 4.79 Å². The number of carbonyl (C=O) groups excluding carboxylic acids is 1. The van der Waals surface area contributed by atoms with Gasteiger partial charge >= 0.3 is 0 Å². The standard InChI is InChI=1S/C15H8Br2FNO/c16-10-3-1-9(2-4-10)13(8-19)15(20)12-6-5-11(17)7-14(12)18/h1-7,13H. The average Bonchev–Trinajstić information content (AvgIpc) is 2.41. The quantitative estimate of drug-likeness (QED) is 0.696. The van der Waals surface area contributed by atoms with Gasteiger partial charge in [0.15, 0.2) is 5.78 Å². The van der Waals surface area contributed by atoms with Crippen LogP contribution in [0.4, 0.5) is 4.39 Å². The molecule has 0 aliphatic rings. The molecule has 0 bridgehead atoms. The Balaban J connectivity index is 2.39. The molecule has 2 aromatic carbocycles. The van der Waals surface area contributed by atoms with Crippen LogP contribution in [0.2, 0.25) is 0 Å². The van der Waals surface area contributed by atoms with Gasteiger partial charge in [-0.25, -0.2) is 4.39 Å². The third kappa shape index (κ3) is 3.14. The first-order valence-corrected chi connectivity index (χ1v) is 7.26. The molecular formula is C15H8Br2FNO. The van der Waals surface area contributed by atoms with Gasteiger partial charge in [0, 0.05) is 8.95 Å². The fourth-order valence-electron chi connectivity index (χ4n) is 1.78. The first-order chi connectivity index (χ1) is 9.52. The Labute approximate surface area is 132 Å². The van der Waals surface area contributed by atoms with Gasteiger partial charge in [-0.05, 0) is 35.9 Å². The zero-order valence-corrected chi connectivity index (χ0v) is 13.3. The molecular weight excluding hydrogens is 389 g/mol. The van der Waals surface area contributed by atoms with Crippen LogP contribution in [0.5, 0.6) is 0 Å². The van der Waals surface area contributed by atoms with Crippen LogP contribution in [-0.2, 0) is 0 Å². The van der Waals surface area contributed by atoms with Gasteiger partial charge in [-0.15, -0.1) is 0 Å². The van der Waals surface area contributed by atoms with Gasteiger partial charge in [-0.1, -0.05) is 44.0 Å². The number of rotatable bonds is 3. The zero-order valence-electron chi connectivity index (χ0n) is 10.1. The molecule has 1 unspecified atom stereocenters. The summed E-state index contributed by atoms with van der Waals surface area (Å²) in [4.78, 5) is 12.3. The molecule has 20 heavy (non-hydrogen) atoms. The molecule has 2 rings (SSSR count). The second kappa shape index (κ2) is 6.29. The van der Waals surface area contributed by atoms with Crippen LogP contribution in [-0.4, -0.2) is 5.78 Å². The summed E-state index contributed by atoms with van der Waals surface area (Å²) in [6.45, 7) is 0. The SMILES string of the molecule is N#CC(C(=O)c1ccc(Br)cc1F)c1ccc(Br)cc1. The lowest BCUT2D eigenvalue weighted by Crippen LogP contribution is -2.13. The van der Waals surface area contributed by atoms with Crippen LogP contribution in [0, 0.1) is 17.1 Å².